The Labute approximate surface area is 291 Å². The van der Waals surface area contributed by atoms with E-state index in [2.05, 4.69) is 86.0 Å². The van der Waals surface area contributed by atoms with E-state index in [1.54, 1.807) is 0 Å². The summed E-state index contributed by atoms with van der Waals surface area (Å²) in [5.41, 5.74) is -3.50. The van der Waals surface area contributed by atoms with Gasteiger partial charge in [-0.05, 0) is 112 Å². The number of hydrogen-bond donors (Lipinski definition) is 0. The zero-order valence-corrected chi connectivity index (χ0v) is 35.5. The van der Waals surface area contributed by atoms with Crippen LogP contribution < -0.4 is 0 Å². The first-order valence-corrected chi connectivity index (χ1v) is 26.6. The van der Waals surface area contributed by atoms with Gasteiger partial charge in [0.05, 0.1) is 12.2 Å². The second-order valence-electron chi connectivity index (χ2n) is 18.5. The molecule has 3 nitrogen and oxygen atoms in total. The summed E-state index contributed by atoms with van der Waals surface area (Å²) in [4.78, 5) is 0. The standard InChI is InChI=1S/C36H66F6O3Si3/c1-31(2,3)47(12,13)43-29-25-28(26-30(27-29)44-48(14,15)32(4,5)6)21-18-16-17-19-22-33(7,8)23-20-24-34(35(37,38)39,36(40,41)42)45-46(9,10)11/h16,18,20-21,24,29-30H,17,19,22-23,25-27H2,1-15H3/b18-16+,24-20-/t29-,30-/m1/s1. The third-order valence-corrected chi connectivity index (χ3v) is 20.1. The molecule has 0 saturated heterocycles. The van der Waals surface area contributed by atoms with Crippen LogP contribution in [0.4, 0.5) is 26.3 Å². The summed E-state index contributed by atoms with van der Waals surface area (Å²) in [5, 5.41) is 0.213. The lowest BCUT2D eigenvalue weighted by atomic mass is 9.83. The molecule has 0 radical (unpaired) electrons. The van der Waals surface area contributed by atoms with Gasteiger partial charge in [0.25, 0.3) is 5.60 Å². The van der Waals surface area contributed by atoms with Crippen molar-refractivity contribution in [1.82, 2.24) is 0 Å². The van der Waals surface area contributed by atoms with Gasteiger partial charge in [0.2, 0.25) is 0 Å². The van der Waals surface area contributed by atoms with Crippen molar-refractivity contribution in [2.24, 2.45) is 5.41 Å². The van der Waals surface area contributed by atoms with Crippen LogP contribution in [0.2, 0.25) is 55.9 Å². The molecule has 1 rings (SSSR count). The van der Waals surface area contributed by atoms with Gasteiger partial charge in [-0.25, -0.2) is 0 Å². The normalized spacial score (nSPS) is 20.3. The van der Waals surface area contributed by atoms with Crippen LogP contribution in [0.15, 0.2) is 36.0 Å². The molecule has 0 heterocycles. The van der Waals surface area contributed by atoms with Crippen molar-refractivity contribution in [2.75, 3.05) is 0 Å². The second kappa shape index (κ2) is 15.9. The van der Waals surface area contributed by atoms with E-state index in [1.807, 2.05) is 13.8 Å². The lowest BCUT2D eigenvalue weighted by Crippen LogP contribution is -2.61. The summed E-state index contributed by atoms with van der Waals surface area (Å²) < 4.78 is 102. The second-order valence-corrected chi connectivity index (χ2v) is 32.4. The minimum absolute atomic E-state index is 0.0645. The van der Waals surface area contributed by atoms with Crippen molar-refractivity contribution in [3.63, 3.8) is 0 Å². The van der Waals surface area contributed by atoms with E-state index in [9.17, 15) is 26.3 Å². The number of hydrogen-bond acceptors (Lipinski definition) is 3. The Morgan fingerprint density at radius 3 is 1.50 bits per heavy atom. The number of unbranched alkanes of at least 4 members (excludes halogenated alkanes) is 1. The average molecular weight is 745 g/mol. The van der Waals surface area contributed by atoms with Gasteiger partial charge >= 0.3 is 12.4 Å². The maximum Gasteiger partial charge on any atom is 0.429 e. The summed E-state index contributed by atoms with van der Waals surface area (Å²) in [7, 11) is -7.16. The van der Waals surface area contributed by atoms with Crippen LogP contribution in [0, 0.1) is 5.41 Å². The number of alkyl halides is 6. The maximum atomic E-state index is 13.9. The molecule has 0 aliphatic heterocycles. The highest BCUT2D eigenvalue weighted by molar-refractivity contribution is 6.74. The van der Waals surface area contributed by atoms with Gasteiger partial charge in [-0.2, -0.15) is 26.3 Å². The molecule has 0 N–H and O–H groups in total. The fourth-order valence-electron chi connectivity index (χ4n) is 5.26. The Hall–Kier alpha value is -0.669. The molecule has 0 aromatic carbocycles. The summed E-state index contributed by atoms with van der Waals surface area (Å²) in [5.74, 6) is 0. The highest BCUT2D eigenvalue weighted by Crippen LogP contribution is 2.49. The van der Waals surface area contributed by atoms with Crippen molar-refractivity contribution in [1.29, 1.82) is 0 Å². The molecule has 282 valence electrons. The van der Waals surface area contributed by atoms with Gasteiger partial charge in [-0.15, -0.1) is 0 Å². The summed E-state index contributed by atoms with van der Waals surface area (Å²) in [6.45, 7) is 30.3. The molecule has 1 saturated carbocycles. The molecule has 48 heavy (non-hydrogen) atoms. The van der Waals surface area contributed by atoms with E-state index < -0.39 is 48.3 Å². The van der Waals surface area contributed by atoms with Gasteiger partial charge in [-0.1, -0.05) is 85.3 Å². The van der Waals surface area contributed by atoms with Crippen LogP contribution in [0.3, 0.4) is 0 Å². The molecule has 1 aliphatic rings. The average Bonchev–Trinajstić information content (AvgIpc) is 2.81. The Kier molecular flexibility index (Phi) is 15.0. The van der Waals surface area contributed by atoms with E-state index in [4.69, 9.17) is 13.3 Å². The molecular weight excluding hydrogens is 679 g/mol. The largest absolute Gasteiger partial charge is 0.429 e. The number of halogens is 6. The van der Waals surface area contributed by atoms with E-state index in [0.29, 0.717) is 6.42 Å². The predicted octanol–water partition coefficient (Wildman–Crippen LogP) is 13.3. The molecule has 2 atom stereocenters. The predicted molar refractivity (Wildman–Crippen MR) is 196 cm³/mol. The van der Waals surface area contributed by atoms with Crippen LogP contribution in [0.25, 0.3) is 0 Å². The smallest absolute Gasteiger partial charge is 0.414 e. The molecule has 0 aromatic rings. The maximum absolute atomic E-state index is 13.9. The van der Waals surface area contributed by atoms with Crippen molar-refractivity contribution in [3.8, 4) is 0 Å². The minimum atomic E-state index is -5.63. The Bertz CT molecular complexity index is 1070. The lowest BCUT2D eigenvalue weighted by Gasteiger charge is -2.45. The molecule has 1 fully saturated rings. The molecule has 0 unspecified atom stereocenters. The molecule has 0 aromatic heterocycles. The lowest BCUT2D eigenvalue weighted by molar-refractivity contribution is -0.340. The van der Waals surface area contributed by atoms with Crippen LogP contribution in [0.5, 0.6) is 0 Å². The summed E-state index contributed by atoms with van der Waals surface area (Å²) in [6, 6.07) is 0. The van der Waals surface area contributed by atoms with Gasteiger partial charge in [-0.3, -0.25) is 0 Å². The topological polar surface area (TPSA) is 27.7 Å². The van der Waals surface area contributed by atoms with E-state index in [-0.39, 0.29) is 34.8 Å². The zero-order chi connectivity index (χ0) is 37.8. The Morgan fingerprint density at radius 1 is 0.688 bits per heavy atom. The Balaban J connectivity index is 2.99. The van der Waals surface area contributed by atoms with Gasteiger partial charge in [0, 0.05) is 0 Å². The van der Waals surface area contributed by atoms with Crippen LogP contribution >= 0.6 is 0 Å². The SMILES string of the molecule is CC(C)(C/C=C\C(O[Si](C)(C)C)(C(F)(F)F)C(F)(F)F)CCC/C=C/C=C1C[C@@H](O[Si](C)(C)C(C)(C)C)C[C@H](O[Si](C)(C)C(C)(C)C)C1. The highest BCUT2D eigenvalue weighted by atomic mass is 28.4. The van der Waals surface area contributed by atoms with E-state index >= 15 is 0 Å². The third kappa shape index (κ3) is 13.5. The highest BCUT2D eigenvalue weighted by Gasteiger charge is 2.71. The molecule has 0 amide bonds. The van der Waals surface area contributed by atoms with Crippen molar-refractivity contribution in [2.45, 2.75) is 186 Å². The van der Waals surface area contributed by atoms with Gasteiger partial charge in [0.1, 0.15) is 0 Å². The van der Waals surface area contributed by atoms with Gasteiger partial charge < -0.3 is 13.3 Å². The molecular formula is C36H66F6O3Si3. The first-order valence-electron chi connectivity index (χ1n) is 17.4. The Morgan fingerprint density at radius 2 is 1.12 bits per heavy atom. The fraction of sp³-hybridized carbons (Fsp3) is 0.833. The number of rotatable bonds is 14. The first-order chi connectivity index (χ1) is 21.1. The van der Waals surface area contributed by atoms with Crippen LogP contribution in [-0.2, 0) is 13.3 Å². The molecule has 12 heteroatoms. The van der Waals surface area contributed by atoms with Gasteiger partial charge in [0.15, 0.2) is 25.0 Å². The first kappa shape index (κ1) is 45.4. The van der Waals surface area contributed by atoms with E-state index in [0.717, 1.165) is 38.2 Å². The van der Waals surface area contributed by atoms with Crippen molar-refractivity contribution >= 4 is 25.0 Å². The van der Waals surface area contributed by atoms with Crippen molar-refractivity contribution < 1.29 is 39.6 Å². The molecule has 1 aliphatic carbocycles. The van der Waals surface area contributed by atoms with Crippen molar-refractivity contribution in [3.05, 3.63) is 36.0 Å². The van der Waals surface area contributed by atoms with E-state index in [1.165, 1.54) is 25.2 Å². The van der Waals surface area contributed by atoms with Crippen LogP contribution in [0.1, 0.15) is 100 Å². The van der Waals surface area contributed by atoms with Crippen LogP contribution in [-0.4, -0.2) is 55.1 Å². The monoisotopic (exact) mass is 744 g/mol. The zero-order valence-electron chi connectivity index (χ0n) is 32.5. The molecule has 0 spiro atoms. The number of allylic oxidation sites excluding steroid dienone is 4. The third-order valence-electron chi connectivity index (χ3n) is 10.1. The summed E-state index contributed by atoms with van der Waals surface area (Å²) >= 11 is 0. The summed E-state index contributed by atoms with van der Waals surface area (Å²) in [6.07, 6.45) is 1.29. The quantitative estimate of drug-likeness (QED) is 0.0767. The fourth-order valence-corrected chi connectivity index (χ4v) is 9.26. The molecule has 0 bridgehead atoms. The minimum Gasteiger partial charge on any atom is -0.414 e.